The van der Waals surface area contributed by atoms with Gasteiger partial charge in [-0.25, -0.2) is 9.34 Å². The molecule has 128 valence electrons. The van der Waals surface area contributed by atoms with Gasteiger partial charge in [0.05, 0.1) is 6.10 Å². The first-order chi connectivity index (χ1) is 11.6. The van der Waals surface area contributed by atoms with Crippen LogP contribution in [0.3, 0.4) is 0 Å². The molecule has 0 amide bonds. The summed E-state index contributed by atoms with van der Waals surface area (Å²) >= 11 is 6.12. The fraction of sp³-hybridized carbons (Fsp3) is 0.368. The number of nitrogens with zero attached hydrogens (tertiary/aromatic N) is 2. The van der Waals surface area contributed by atoms with Gasteiger partial charge in [-0.15, -0.1) is 0 Å². The standard InChI is InChI=1S/C19H25N2OPS/c1-17(2)22-23(24)20(15-18-9-5-3-6-10-18)13-14-21(23)16-19-11-7-4-8-12-19/h3-12,17H,13-16H2,1-2H3. The molecule has 1 fully saturated rings. The maximum Gasteiger partial charge on any atom is 0.204 e. The van der Waals surface area contributed by atoms with Gasteiger partial charge in [0.1, 0.15) is 0 Å². The van der Waals surface area contributed by atoms with E-state index in [0.29, 0.717) is 0 Å². The highest BCUT2D eigenvalue weighted by atomic mass is 32.5. The topological polar surface area (TPSA) is 15.7 Å². The van der Waals surface area contributed by atoms with Crippen LogP contribution in [0.25, 0.3) is 0 Å². The second-order valence-electron chi connectivity index (χ2n) is 6.39. The molecule has 1 aliphatic heterocycles. The van der Waals surface area contributed by atoms with Crippen molar-refractivity contribution in [2.24, 2.45) is 0 Å². The lowest BCUT2D eigenvalue weighted by atomic mass is 10.2. The zero-order valence-electron chi connectivity index (χ0n) is 14.3. The summed E-state index contributed by atoms with van der Waals surface area (Å²) in [5.41, 5.74) is 2.58. The molecular weight excluding hydrogens is 335 g/mol. The van der Waals surface area contributed by atoms with E-state index in [1.165, 1.54) is 11.1 Å². The third kappa shape index (κ3) is 4.14. The highest BCUT2D eigenvalue weighted by Gasteiger charge is 2.40. The van der Waals surface area contributed by atoms with Gasteiger partial charge in [0.25, 0.3) is 0 Å². The van der Waals surface area contributed by atoms with Gasteiger partial charge in [0.2, 0.25) is 6.57 Å². The molecule has 3 nitrogen and oxygen atoms in total. The SMILES string of the molecule is CC(C)OP1(=S)N(Cc2ccccc2)CCN1Cc1ccccc1. The molecule has 0 spiro atoms. The Morgan fingerprint density at radius 3 is 1.67 bits per heavy atom. The Kier molecular flexibility index (Phi) is 5.85. The van der Waals surface area contributed by atoms with E-state index in [1.807, 2.05) is 0 Å². The molecular formula is C19H25N2OPS. The molecule has 2 aromatic carbocycles. The number of hydrogen-bond acceptors (Lipinski definition) is 2. The summed E-state index contributed by atoms with van der Waals surface area (Å²) in [4.78, 5) is 0. The van der Waals surface area contributed by atoms with Crippen LogP contribution in [0.15, 0.2) is 60.7 Å². The molecule has 0 bridgehead atoms. The molecule has 0 aliphatic carbocycles. The van der Waals surface area contributed by atoms with Crippen LogP contribution < -0.4 is 0 Å². The molecule has 0 radical (unpaired) electrons. The van der Waals surface area contributed by atoms with E-state index < -0.39 is 6.57 Å². The minimum Gasteiger partial charge on any atom is -0.324 e. The third-order valence-electron chi connectivity index (χ3n) is 4.10. The average Bonchev–Trinajstić information content (AvgIpc) is 2.85. The molecule has 5 heteroatoms. The monoisotopic (exact) mass is 360 g/mol. The van der Waals surface area contributed by atoms with Gasteiger partial charge >= 0.3 is 0 Å². The summed E-state index contributed by atoms with van der Waals surface area (Å²) in [5.74, 6) is 0. The zero-order valence-corrected chi connectivity index (χ0v) is 16.0. The van der Waals surface area contributed by atoms with Gasteiger partial charge in [0.15, 0.2) is 0 Å². The first kappa shape index (κ1) is 17.8. The van der Waals surface area contributed by atoms with Crippen molar-refractivity contribution in [2.45, 2.75) is 33.0 Å². The van der Waals surface area contributed by atoms with Crippen molar-refractivity contribution < 1.29 is 4.52 Å². The highest BCUT2D eigenvalue weighted by molar-refractivity contribution is 8.10. The Hall–Kier alpha value is -1.03. The number of benzene rings is 2. The van der Waals surface area contributed by atoms with Gasteiger partial charge in [-0.3, -0.25) is 0 Å². The molecule has 0 aromatic heterocycles. The summed E-state index contributed by atoms with van der Waals surface area (Å²) in [6, 6.07) is 21.1. The Labute approximate surface area is 150 Å². The molecule has 0 unspecified atom stereocenters. The molecule has 1 aliphatic rings. The minimum absolute atomic E-state index is 0.130. The lowest BCUT2D eigenvalue weighted by Crippen LogP contribution is -2.23. The molecule has 0 saturated carbocycles. The maximum atomic E-state index is 6.35. The molecule has 2 aromatic rings. The van der Waals surface area contributed by atoms with E-state index in [2.05, 4.69) is 83.9 Å². The Morgan fingerprint density at radius 1 is 0.875 bits per heavy atom. The summed E-state index contributed by atoms with van der Waals surface area (Å²) < 4.78 is 11.1. The molecule has 24 heavy (non-hydrogen) atoms. The van der Waals surface area contributed by atoms with Crippen LogP contribution in [0.2, 0.25) is 0 Å². The van der Waals surface area contributed by atoms with Crippen molar-refractivity contribution >= 4 is 18.4 Å². The normalized spacial score (nSPS) is 18.3. The molecule has 3 rings (SSSR count). The van der Waals surface area contributed by atoms with E-state index in [4.69, 9.17) is 16.3 Å². The number of hydrogen-bond donors (Lipinski definition) is 0. The van der Waals surface area contributed by atoms with Crippen LogP contribution in [0, 0.1) is 0 Å². The Balaban J connectivity index is 1.81. The first-order valence-electron chi connectivity index (χ1n) is 8.45. The molecule has 0 N–H and O–H groups in total. The van der Waals surface area contributed by atoms with E-state index in [1.54, 1.807) is 0 Å². The second kappa shape index (κ2) is 7.90. The summed E-state index contributed by atoms with van der Waals surface area (Å²) in [5, 5.41) is 0. The predicted molar refractivity (Wildman–Crippen MR) is 104 cm³/mol. The quantitative estimate of drug-likeness (QED) is 0.696. The van der Waals surface area contributed by atoms with Crippen LogP contribution in [0.5, 0.6) is 0 Å². The van der Waals surface area contributed by atoms with Crippen LogP contribution >= 0.6 is 6.57 Å². The van der Waals surface area contributed by atoms with Crippen molar-refractivity contribution in [1.29, 1.82) is 0 Å². The van der Waals surface area contributed by atoms with E-state index in [-0.39, 0.29) is 6.10 Å². The number of rotatable bonds is 6. The average molecular weight is 360 g/mol. The van der Waals surface area contributed by atoms with Crippen LogP contribution in [-0.4, -0.2) is 28.5 Å². The third-order valence-corrected chi connectivity index (χ3v) is 8.55. The van der Waals surface area contributed by atoms with E-state index in [0.717, 1.165) is 26.2 Å². The minimum atomic E-state index is -2.18. The van der Waals surface area contributed by atoms with Gasteiger partial charge in [-0.1, -0.05) is 60.7 Å². The van der Waals surface area contributed by atoms with E-state index in [9.17, 15) is 0 Å². The van der Waals surface area contributed by atoms with Gasteiger partial charge < -0.3 is 4.52 Å². The molecule has 1 heterocycles. The van der Waals surface area contributed by atoms with Crippen molar-refractivity contribution in [1.82, 2.24) is 9.34 Å². The Bertz CT molecular complexity index is 640. The van der Waals surface area contributed by atoms with E-state index >= 15 is 0 Å². The predicted octanol–water partition coefficient (Wildman–Crippen LogP) is 4.65. The van der Waals surface area contributed by atoms with Crippen LogP contribution in [-0.2, 0) is 29.4 Å². The van der Waals surface area contributed by atoms with Crippen molar-refractivity contribution in [3.63, 3.8) is 0 Å². The fourth-order valence-corrected chi connectivity index (χ4v) is 6.89. The van der Waals surface area contributed by atoms with Gasteiger partial charge in [0, 0.05) is 26.2 Å². The smallest absolute Gasteiger partial charge is 0.204 e. The fourth-order valence-electron chi connectivity index (χ4n) is 3.00. The first-order valence-corrected chi connectivity index (χ1v) is 11.1. The van der Waals surface area contributed by atoms with Crippen molar-refractivity contribution in [2.75, 3.05) is 13.1 Å². The lowest BCUT2D eigenvalue weighted by Gasteiger charge is -2.35. The zero-order chi connectivity index (χ0) is 17.0. The second-order valence-corrected chi connectivity index (χ2v) is 10.1. The molecule has 1 saturated heterocycles. The van der Waals surface area contributed by atoms with Gasteiger partial charge in [-0.2, -0.15) is 0 Å². The van der Waals surface area contributed by atoms with Crippen LogP contribution in [0.1, 0.15) is 25.0 Å². The maximum absolute atomic E-state index is 6.35. The highest BCUT2D eigenvalue weighted by Crippen LogP contribution is 2.60. The van der Waals surface area contributed by atoms with Gasteiger partial charge in [-0.05, 0) is 36.8 Å². The van der Waals surface area contributed by atoms with Crippen molar-refractivity contribution in [3.8, 4) is 0 Å². The summed E-state index contributed by atoms with van der Waals surface area (Å²) in [6.45, 7) is 5.62. The largest absolute Gasteiger partial charge is 0.324 e. The Morgan fingerprint density at radius 2 is 1.29 bits per heavy atom. The summed E-state index contributed by atoms with van der Waals surface area (Å²) in [7, 11) is 0. The summed E-state index contributed by atoms with van der Waals surface area (Å²) in [6.07, 6.45) is 0.130. The lowest BCUT2D eigenvalue weighted by molar-refractivity contribution is 0.229. The van der Waals surface area contributed by atoms with Crippen molar-refractivity contribution in [3.05, 3.63) is 71.8 Å². The molecule has 0 atom stereocenters. The van der Waals surface area contributed by atoms with Crippen LogP contribution in [0.4, 0.5) is 0 Å².